The number of hydrogen-bond acceptors (Lipinski definition) is 4. The third-order valence-corrected chi connectivity index (χ3v) is 3.41. The summed E-state index contributed by atoms with van der Waals surface area (Å²) in [7, 11) is 0. The van der Waals surface area contributed by atoms with Crippen molar-refractivity contribution in [1.29, 1.82) is 0 Å². The Kier molecular flexibility index (Phi) is 7.04. The predicted molar refractivity (Wildman–Crippen MR) is 81.0 cm³/mol. The molecule has 0 unspecified atom stereocenters. The lowest BCUT2D eigenvalue weighted by Gasteiger charge is -2.28. The molecule has 0 fully saturated rings. The lowest BCUT2D eigenvalue weighted by Crippen LogP contribution is -2.58. The van der Waals surface area contributed by atoms with Crippen LogP contribution in [0.3, 0.4) is 0 Å². The maximum atomic E-state index is 13.8. The van der Waals surface area contributed by atoms with Gasteiger partial charge in [-0.15, -0.1) is 0 Å². The van der Waals surface area contributed by atoms with Crippen LogP contribution in [0.5, 0.6) is 0 Å². The fraction of sp³-hybridized carbons (Fsp3) is 0.467. The molecule has 3 atom stereocenters. The van der Waals surface area contributed by atoms with Crippen molar-refractivity contribution in [3.8, 4) is 0 Å². The number of hydrogen-bond donors (Lipinski definition) is 4. The van der Waals surface area contributed by atoms with E-state index >= 15 is 0 Å². The molecule has 0 saturated carbocycles. The van der Waals surface area contributed by atoms with Crippen LogP contribution in [0.4, 0.5) is 22.0 Å². The zero-order chi connectivity index (χ0) is 20.1. The van der Waals surface area contributed by atoms with Gasteiger partial charge in [0.05, 0.1) is 6.04 Å². The molecule has 2 amide bonds. The summed E-state index contributed by atoms with van der Waals surface area (Å²) in [6, 6.07) is 5.01. The van der Waals surface area contributed by atoms with Crippen molar-refractivity contribution in [3.63, 3.8) is 0 Å². The number of aliphatic hydroxyl groups is 1. The molecule has 0 radical (unpaired) electrons. The number of rotatable bonds is 7. The van der Waals surface area contributed by atoms with Crippen LogP contribution in [0.1, 0.15) is 18.5 Å². The maximum Gasteiger partial charge on any atom is 0.405 e. The highest BCUT2D eigenvalue weighted by molar-refractivity contribution is 5.85. The van der Waals surface area contributed by atoms with Gasteiger partial charge in [-0.2, -0.15) is 22.0 Å². The largest absolute Gasteiger partial charge is 0.405 e. The zero-order valence-corrected chi connectivity index (χ0v) is 13.6. The molecule has 6 nitrogen and oxygen atoms in total. The van der Waals surface area contributed by atoms with E-state index in [9.17, 15) is 36.6 Å². The minimum absolute atomic E-state index is 0.376. The molecule has 1 aromatic carbocycles. The van der Waals surface area contributed by atoms with Gasteiger partial charge in [0.25, 0.3) is 5.91 Å². The van der Waals surface area contributed by atoms with Crippen LogP contribution in [0.25, 0.3) is 0 Å². The van der Waals surface area contributed by atoms with Crippen LogP contribution in [0.15, 0.2) is 30.3 Å². The molecule has 11 heteroatoms. The maximum absolute atomic E-state index is 13.8. The zero-order valence-electron chi connectivity index (χ0n) is 13.6. The SMILES string of the molecule is C[C@H](NC(=O)[C@@H](N)c1ccccc1)[C@@H](O)C(F)(F)C(=O)NCC(F)(F)F. The summed E-state index contributed by atoms with van der Waals surface area (Å²) in [5, 5.41) is 12.6. The Morgan fingerprint density at radius 3 is 2.19 bits per heavy atom. The van der Waals surface area contributed by atoms with Gasteiger partial charge in [0.2, 0.25) is 5.91 Å². The average Bonchev–Trinajstić information content (AvgIpc) is 2.57. The Morgan fingerprint density at radius 1 is 1.15 bits per heavy atom. The number of carbonyl (C=O) groups is 2. The molecule has 0 heterocycles. The molecule has 1 rings (SSSR count). The van der Waals surface area contributed by atoms with Crippen LogP contribution >= 0.6 is 0 Å². The second-order valence-electron chi connectivity index (χ2n) is 5.55. The van der Waals surface area contributed by atoms with Gasteiger partial charge in [-0.25, -0.2) is 0 Å². The summed E-state index contributed by atoms with van der Waals surface area (Å²) >= 11 is 0. The Morgan fingerprint density at radius 2 is 1.69 bits per heavy atom. The molecule has 0 bridgehead atoms. The molecule has 5 N–H and O–H groups in total. The van der Waals surface area contributed by atoms with E-state index in [1.54, 1.807) is 18.2 Å². The van der Waals surface area contributed by atoms with E-state index in [0.717, 1.165) is 12.2 Å². The minimum atomic E-state index is -4.89. The summed E-state index contributed by atoms with van der Waals surface area (Å²) in [6.45, 7) is -1.01. The first-order valence-corrected chi connectivity index (χ1v) is 7.38. The first kappa shape index (κ1) is 21.8. The van der Waals surface area contributed by atoms with E-state index < -0.39 is 48.6 Å². The van der Waals surface area contributed by atoms with Crippen LogP contribution in [-0.4, -0.2) is 47.7 Å². The molecule has 0 aromatic heterocycles. The molecule has 146 valence electrons. The van der Waals surface area contributed by atoms with Gasteiger partial charge in [0.15, 0.2) is 0 Å². The molecule has 0 aliphatic heterocycles. The van der Waals surface area contributed by atoms with Crippen molar-refractivity contribution >= 4 is 11.8 Å². The second-order valence-corrected chi connectivity index (χ2v) is 5.55. The minimum Gasteiger partial charge on any atom is -0.384 e. The number of amides is 2. The molecule has 0 saturated heterocycles. The third-order valence-electron chi connectivity index (χ3n) is 3.41. The molecule has 0 aliphatic carbocycles. The van der Waals surface area contributed by atoms with Crippen molar-refractivity contribution in [2.45, 2.75) is 37.2 Å². The number of halogens is 5. The number of carbonyl (C=O) groups excluding carboxylic acids is 2. The number of benzene rings is 1. The van der Waals surface area contributed by atoms with E-state index in [1.165, 1.54) is 12.1 Å². The van der Waals surface area contributed by atoms with E-state index in [4.69, 9.17) is 5.73 Å². The van der Waals surface area contributed by atoms with Crippen LogP contribution in [0, 0.1) is 0 Å². The summed E-state index contributed by atoms with van der Waals surface area (Å²) < 4.78 is 63.6. The van der Waals surface area contributed by atoms with Gasteiger partial charge in [-0.1, -0.05) is 30.3 Å². The Bertz CT molecular complexity index is 625. The third kappa shape index (κ3) is 5.92. The van der Waals surface area contributed by atoms with Gasteiger partial charge in [-0.3, -0.25) is 9.59 Å². The van der Waals surface area contributed by atoms with E-state index in [1.807, 2.05) is 5.32 Å². The van der Waals surface area contributed by atoms with Gasteiger partial charge >= 0.3 is 12.1 Å². The Labute approximate surface area is 145 Å². The van der Waals surface area contributed by atoms with Gasteiger partial charge in [-0.05, 0) is 12.5 Å². The topological polar surface area (TPSA) is 104 Å². The predicted octanol–water partition coefficient (Wildman–Crippen LogP) is 0.866. The number of nitrogens with one attached hydrogen (secondary N) is 2. The summed E-state index contributed by atoms with van der Waals surface area (Å²) in [4.78, 5) is 23.2. The highest BCUT2D eigenvalue weighted by atomic mass is 19.4. The van der Waals surface area contributed by atoms with Gasteiger partial charge in [0.1, 0.15) is 18.7 Å². The molecule has 1 aromatic rings. The van der Waals surface area contributed by atoms with E-state index in [2.05, 4.69) is 0 Å². The first-order valence-electron chi connectivity index (χ1n) is 7.38. The van der Waals surface area contributed by atoms with Gasteiger partial charge in [0, 0.05) is 0 Å². The Balaban J connectivity index is 2.71. The van der Waals surface area contributed by atoms with Crippen molar-refractivity contribution in [1.82, 2.24) is 10.6 Å². The fourth-order valence-electron chi connectivity index (χ4n) is 1.95. The van der Waals surface area contributed by atoms with E-state index in [-0.39, 0.29) is 0 Å². The normalized spacial score (nSPS) is 15.7. The molecule has 0 aliphatic rings. The van der Waals surface area contributed by atoms with Crippen LogP contribution < -0.4 is 16.4 Å². The number of alkyl halides is 5. The highest BCUT2D eigenvalue weighted by Gasteiger charge is 2.50. The van der Waals surface area contributed by atoms with Crippen molar-refractivity contribution < 1.29 is 36.6 Å². The smallest absolute Gasteiger partial charge is 0.384 e. The number of nitrogens with two attached hydrogens (primary N) is 1. The first-order chi connectivity index (χ1) is 11.9. The van der Waals surface area contributed by atoms with Crippen molar-refractivity contribution in [2.24, 2.45) is 5.73 Å². The molecule has 0 spiro atoms. The fourth-order valence-corrected chi connectivity index (χ4v) is 1.95. The monoisotopic (exact) mass is 383 g/mol. The van der Waals surface area contributed by atoms with E-state index in [0.29, 0.717) is 5.56 Å². The number of aliphatic hydroxyl groups excluding tert-OH is 1. The Hall–Kier alpha value is -2.27. The summed E-state index contributed by atoms with van der Waals surface area (Å²) in [5.74, 6) is -7.78. The highest BCUT2D eigenvalue weighted by Crippen LogP contribution is 2.23. The molecular weight excluding hydrogens is 365 g/mol. The quantitative estimate of drug-likeness (QED) is 0.525. The second kappa shape index (κ2) is 8.41. The standard InChI is InChI=1S/C15H18F5N3O3/c1-8(23-12(25)10(21)9-5-3-2-4-6-9)11(24)15(19,20)13(26)22-7-14(16,17)18/h2-6,8,10-11,24H,7,21H2,1H3,(H,22,26)(H,23,25)/t8-,10-,11+/m0/s1. The lowest BCUT2D eigenvalue weighted by atomic mass is 10.0. The average molecular weight is 383 g/mol. The van der Waals surface area contributed by atoms with Gasteiger partial charge < -0.3 is 21.5 Å². The summed E-state index contributed by atoms with van der Waals surface area (Å²) in [5.41, 5.74) is 6.04. The van der Waals surface area contributed by atoms with Crippen molar-refractivity contribution in [3.05, 3.63) is 35.9 Å². The molecule has 26 heavy (non-hydrogen) atoms. The van der Waals surface area contributed by atoms with Crippen LogP contribution in [0.2, 0.25) is 0 Å². The molecular formula is C15H18F5N3O3. The van der Waals surface area contributed by atoms with Crippen molar-refractivity contribution in [2.75, 3.05) is 6.54 Å². The summed E-state index contributed by atoms with van der Waals surface area (Å²) in [6.07, 6.45) is -7.65. The lowest BCUT2D eigenvalue weighted by molar-refractivity contribution is -0.172. The van der Waals surface area contributed by atoms with Crippen LogP contribution in [-0.2, 0) is 9.59 Å².